The molecule has 3 aromatic rings. The summed E-state index contributed by atoms with van der Waals surface area (Å²) in [5.41, 5.74) is 0.357. The summed E-state index contributed by atoms with van der Waals surface area (Å²) in [7, 11) is 0. The number of benzene rings is 1. The van der Waals surface area contributed by atoms with Crippen molar-refractivity contribution in [1.82, 2.24) is 14.5 Å². The van der Waals surface area contributed by atoms with E-state index in [1.807, 2.05) is 32.0 Å². The van der Waals surface area contributed by atoms with E-state index in [0.29, 0.717) is 24.6 Å². The molecule has 0 aliphatic heterocycles. The third-order valence-electron chi connectivity index (χ3n) is 6.08. The van der Waals surface area contributed by atoms with Crippen LogP contribution in [-0.2, 0) is 0 Å². The lowest BCUT2D eigenvalue weighted by Gasteiger charge is -2.28. The molecule has 1 aromatic carbocycles. The van der Waals surface area contributed by atoms with Crippen LogP contribution in [0, 0.1) is 6.92 Å². The fourth-order valence-electron chi connectivity index (χ4n) is 4.42. The van der Waals surface area contributed by atoms with Crippen molar-refractivity contribution < 1.29 is 13.9 Å². The van der Waals surface area contributed by atoms with Crippen LogP contribution in [0.1, 0.15) is 56.7 Å². The van der Waals surface area contributed by atoms with Crippen LogP contribution in [0.3, 0.4) is 0 Å². The second-order valence-corrected chi connectivity index (χ2v) is 8.50. The highest BCUT2D eigenvalue weighted by atomic mass is 19.3. The Balaban J connectivity index is 1.82. The second-order valence-electron chi connectivity index (χ2n) is 8.50. The van der Waals surface area contributed by atoms with Crippen molar-refractivity contribution in [3.63, 3.8) is 0 Å². The van der Waals surface area contributed by atoms with Gasteiger partial charge in [0, 0.05) is 29.5 Å². The molecule has 0 bridgehead atoms. The second kappa shape index (κ2) is 8.46. The molecular weight excluding hydrogens is 416 g/mol. The fourth-order valence-corrected chi connectivity index (χ4v) is 4.42. The van der Waals surface area contributed by atoms with Crippen molar-refractivity contribution in [3.8, 4) is 0 Å². The van der Waals surface area contributed by atoms with Gasteiger partial charge in [-0.25, -0.2) is 13.8 Å². The van der Waals surface area contributed by atoms with Crippen molar-refractivity contribution in [2.45, 2.75) is 58.1 Å². The zero-order valence-electron chi connectivity index (χ0n) is 18.3. The molecule has 2 atom stereocenters. The first-order valence-electron chi connectivity index (χ1n) is 10.8. The molecule has 32 heavy (non-hydrogen) atoms. The van der Waals surface area contributed by atoms with Crippen LogP contribution in [0.25, 0.3) is 11.0 Å². The number of nitrogens with one attached hydrogen (secondary N) is 2. The van der Waals surface area contributed by atoms with Gasteiger partial charge in [0.15, 0.2) is 0 Å². The summed E-state index contributed by atoms with van der Waals surface area (Å²) < 4.78 is 28.4. The molecule has 1 fully saturated rings. The van der Waals surface area contributed by atoms with Crippen LogP contribution in [0.5, 0.6) is 0 Å². The van der Waals surface area contributed by atoms with Crippen molar-refractivity contribution in [1.29, 1.82) is 0 Å². The highest BCUT2D eigenvalue weighted by molar-refractivity contribution is 5.77. The van der Waals surface area contributed by atoms with Gasteiger partial charge in [0.25, 0.3) is 12.0 Å². The zero-order valence-corrected chi connectivity index (χ0v) is 18.3. The Morgan fingerprint density at radius 2 is 2.12 bits per heavy atom. The molecule has 0 amide bonds. The highest BCUT2D eigenvalue weighted by Gasteiger charge is 2.40. The molecule has 0 unspecified atom stereocenters. The molecule has 0 radical (unpaired) electrons. The van der Waals surface area contributed by atoms with E-state index in [1.54, 1.807) is 6.92 Å². The lowest BCUT2D eigenvalue weighted by atomic mass is 9.99. The molecule has 3 N–H and O–H groups in total. The first-order chi connectivity index (χ1) is 15.2. The molecule has 0 spiro atoms. The van der Waals surface area contributed by atoms with Gasteiger partial charge in [0.1, 0.15) is 5.65 Å². The number of pyridine rings is 1. The molecule has 1 aliphatic rings. The van der Waals surface area contributed by atoms with Gasteiger partial charge in [-0.05, 0) is 69.9 Å². The molecule has 4 rings (SSSR count). The van der Waals surface area contributed by atoms with Crippen LogP contribution >= 0.6 is 0 Å². The summed E-state index contributed by atoms with van der Waals surface area (Å²) in [6.45, 7) is 6.41. The maximum absolute atomic E-state index is 13.6. The van der Waals surface area contributed by atoms with Crippen LogP contribution in [-0.4, -0.2) is 31.8 Å². The Morgan fingerprint density at radius 3 is 2.75 bits per heavy atom. The Morgan fingerprint density at radius 1 is 1.34 bits per heavy atom. The molecule has 0 saturated heterocycles. The summed E-state index contributed by atoms with van der Waals surface area (Å²) in [6.07, 6.45) is 0.182. The van der Waals surface area contributed by atoms with E-state index in [0.717, 1.165) is 29.5 Å². The summed E-state index contributed by atoms with van der Waals surface area (Å²) in [5.74, 6) is 0.243. The van der Waals surface area contributed by atoms with Crippen LogP contribution < -0.4 is 16.2 Å². The summed E-state index contributed by atoms with van der Waals surface area (Å²) >= 11 is 0. The number of halogens is 2. The number of hydrogen-bond acceptors (Lipinski definition) is 6. The third-order valence-corrected chi connectivity index (χ3v) is 6.08. The number of anilines is 3. The lowest BCUT2D eigenvalue weighted by molar-refractivity contribution is 0.0261. The van der Waals surface area contributed by atoms with Gasteiger partial charge in [0.05, 0.1) is 17.2 Å². The Kier molecular flexibility index (Phi) is 5.85. The van der Waals surface area contributed by atoms with Gasteiger partial charge in [-0.15, -0.1) is 0 Å². The van der Waals surface area contributed by atoms with E-state index < -0.39 is 29.2 Å². The average molecular weight is 443 g/mol. The molecule has 9 heteroatoms. The van der Waals surface area contributed by atoms with Gasteiger partial charge in [-0.3, -0.25) is 9.36 Å². The predicted octanol–water partition coefficient (Wildman–Crippen LogP) is 4.69. The van der Waals surface area contributed by atoms with Crippen molar-refractivity contribution in [3.05, 3.63) is 51.9 Å². The number of aliphatic hydroxyl groups is 1. The van der Waals surface area contributed by atoms with E-state index >= 15 is 0 Å². The monoisotopic (exact) mass is 443 g/mol. The molecule has 2 heterocycles. The highest BCUT2D eigenvalue weighted by Crippen LogP contribution is 2.40. The largest absolute Gasteiger partial charge is 0.388 e. The van der Waals surface area contributed by atoms with Gasteiger partial charge < -0.3 is 15.7 Å². The summed E-state index contributed by atoms with van der Waals surface area (Å²) in [5, 5.41) is 17.5. The van der Waals surface area contributed by atoms with E-state index in [1.165, 1.54) is 10.8 Å². The van der Waals surface area contributed by atoms with Gasteiger partial charge in [-0.2, -0.15) is 4.98 Å². The maximum atomic E-state index is 13.6. The first kappa shape index (κ1) is 22.1. The number of alkyl halides is 2. The minimum absolute atomic E-state index is 0.228. The molecular formula is C23H27F2N5O2. The third kappa shape index (κ3) is 4.04. The van der Waals surface area contributed by atoms with Crippen LogP contribution in [0.15, 0.2) is 35.3 Å². The molecule has 170 valence electrons. The zero-order chi connectivity index (χ0) is 23.0. The summed E-state index contributed by atoms with van der Waals surface area (Å²) in [6, 6.07) is 6.33. The average Bonchev–Trinajstić information content (AvgIpc) is 3.08. The molecule has 1 saturated carbocycles. The van der Waals surface area contributed by atoms with E-state index in [4.69, 9.17) is 0 Å². The van der Waals surface area contributed by atoms with Gasteiger partial charge in [0.2, 0.25) is 5.95 Å². The molecule has 7 nitrogen and oxygen atoms in total. The Bertz CT molecular complexity index is 1210. The van der Waals surface area contributed by atoms with Gasteiger partial charge >= 0.3 is 0 Å². The van der Waals surface area contributed by atoms with Crippen molar-refractivity contribution >= 4 is 28.4 Å². The fraction of sp³-hybridized carbons (Fsp3) is 0.435. The standard InChI is InChI=1S/C23H27F2N5O2/c1-4-26-15-7-8-17(13(2)10-15)28-22-27-12-14-11-16(19(24)25)21(31)30(20(14)29-22)18-6-5-9-23(18,3)32/h7-8,10-12,18-19,26,32H,4-6,9H2,1-3H3,(H,27,28,29)/t18-,23-/m1/s1. The number of nitrogens with zero attached hydrogens (tertiary/aromatic N) is 3. The van der Waals surface area contributed by atoms with E-state index in [9.17, 15) is 18.7 Å². The first-order valence-corrected chi connectivity index (χ1v) is 10.8. The minimum atomic E-state index is -2.93. The van der Waals surface area contributed by atoms with Crippen molar-refractivity contribution in [2.24, 2.45) is 0 Å². The number of aryl methyl sites for hydroxylation is 1. The smallest absolute Gasteiger partial charge is 0.269 e. The molecule has 1 aliphatic carbocycles. The molecule has 2 aromatic heterocycles. The Labute approximate surface area is 184 Å². The van der Waals surface area contributed by atoms with Crippen molar-refractivity contribution in [2.75, 3.05) is 17.2 Å². The predicted molar refractivity (Wildman–Crippen MR) is 121 cm³/mol. The summed E-state index contributed by atoms with van der Waals surface area (Å²) in [4.78, 5) is 21.8. The van der Waals surface area contributed by atoms with Crippen LogP contribution in [0.4, 0.5) is 26.1 Å². The number of fused-ring (bicyclic) bond motifs is 1. The van der Waals surface area contributed by atoms with E-state index in [-0.39, 0.29) is 11.6 Å². The minimum Gasteiger partial charge on any atom is -0.388 e. The normalized spacial score (nSPS) is 20.8. The SMILES string of the molecule is CCNc1ccc(Nc2ncc3cc(C(F)F)c(=O)n([C@@H]4CCC[C@@]4(C)O)c3n2)c(C)c1. The number of rotatable bonds is 6. The lowest BCUT2D eigenvalue weighted by Crippen LogP contribution is -2.38. The number of aromatic nitrogens is 3. The number of hydrogen-bond donors (Lipinski definition) is 3. The Hall–Kier alpha value is -3.07. The topological polar surface area (TPSA) is 92.1 Å². The maximum Gasteiger partial charge on any atom is 0.269 e. The van der Waals surface area contributed by atoms with E-state index in [2.05, 4.69) is 20.6 Å². The van der Waals surface area contributed by atoms with Crippen LogP contribution in [0.2, 0.25) is 0 Å². The quantitative estimate of drug-likeness (QED) is 0.512. The van der Waals surface area contributed by atoms with Gasteiger partial charge in [-0.1, -0.05) is 0 Å².